The number of carboxylic acids is 1. The lowest BCUT2D eigenvalue weighted by molar-refractivity contribution is -0.135. The number of hydrogen-bond acceptors (Lipinski definition) is 7. The Morgan fingerprint density at radius 2 is 1.94 bits per heavy atom. The van der Waals surface area contributed by atoms with Crippen LogP contribution in [0.5, 0.6) is 5.75 Å². The van der Waals surface area contributed by atoms with Crippen molar-refractivity contribution in [2.24, 2.45) is 5.73 Å². The van der Waals surface area contributed by atoms with Crippen LogP contribution in [0.25, 0.3) is 21.1 Å². The van der Waals surface area contributed by atoms with Gasteiger partial charge < -0.3 is 15.6 Å². The van der Waals surface area contributed by atoms with E-state index in [2.05, 4.69) is 40.2 Å². The molecule has 0 unspecified atom stereocenters. The third-order valence-corrected chi connectivity index (χ3v) is 5.94. The first kappa shape index (κ1) is 23.4. The average molecular weight is 451 g/mol. The molecule has 1 heterocycles. The highest BCUT2D eigenvalue weighted by Crippen LogP contribution is 2.36. The highest BCUT2D eigenvalue weighted by atomic mass is 32.1. The summed E-state index contributed by atoms with van der Waals surface area (Å²) < 4.78 is 5.71. The van der Waals surface area contributed by atoms with Crippen LogP contribution < -0.4 is 10.5 Å². The lowest BCUT2D eigenvalue weighted by Gasteiger charge is -2.17. The minimum absolute atomic E-state index is 0.0281. The Hall–Kier alpha value is -3.28. The van der Waals surface area contributed by atoms with Crippen LogP contribution in [0.15, 0.2) is 36.4 Å². The van der Waals surface area contributed by atoms with Crippen LogP contribution >= 0.6 is 11.3 Å². The number of ether oxygens (including phenoxy) is 1. The Morgan fingerprint density at radius 3 is 2.62 bits per heavy atom. The molecule has 0 radical (unpaired) electrons. The fourth-order valence-electron chi connectivity index (χ4n) is 3.54. The molecule has 3 N–H and O–H groups in total. The number of carboxylic acid groups (broad SMARTS) is 1. The van der Waals surface area contributed by atoms with Gasteiger partial charge in [-0.15, -0.1) is 10.2 Å². The highest BCUT2D eigenvalue weighted by Gasteiger charge is 2.18. The highest BCUT2D eigenvalue weighted by molar-refractivity contribution is 7.17. The first-order chi connectivity index (χ1) is 15.4. The number of nitriles is 1. The molecular formula is C24H26N4O3S. The van der Waals surface area contributed by atoms with Gasteiger partial charge in [-0.05, 0) is 68.9 Å². The molecule has 3 aromatic rings. The van der Waals surface area contributed by atoms with Gasteiger partial charge in [0.1, 0.15) is 21.8 Å². The Bertz CT molecular complexity index is 1130. The zero-order valence-corrected chi connectivity index (χ0v) is 19.0. The number of fused-ring (bicyclic) bond motifs is 1. The van der Waals surface area contributed by atoms with Gasteiger partial charge in [0.15, 0.2) is 0 Å². The smallest absolute Gasteiger partial charge is 0.317 e. The second-order valence-corrected chi connectivity index (χ2v) is 8.63. The third-order valence-electron chi connectivity index (χ3n) is 4.94. The maximum absolute atomic E-state index is 9.46. The number of benzene rings is 2. The fraction of sp³-hybridized carbons (Fsp3) is 0.333. The van der Waals surface area contributed by atoms with Crippen LogP contribution in [0, 0.1) is 11.3 Å². The second-order valence-electron chi connectivity index (χ2n) is 7.65. The van der Waals surface area contributed by atoms with Crippen molar-refractivity contribution in [1.29, 1.82) is 5.26 Å². The average Bonchev–Trinajstić information content (AvgIpc) is 3.29. The number of carbonyl (C=O) groups is 1. The molecule has 32 heavy (non-hydrogen) atoms. The minimum atomic E-state index is -0.968. The molecule has 0 fully saturated rings. The summed E-state index contributed by atoms with van der Waals surface area (Å²) in [4.78, 5) is 9.24. The Balaban J connectivity index is 0.000000523. The molecule has 1 aromatic heterocycles. The number of nitrogens with two attached hydrogens (primary N) is 1. The number of aliphatic carboxylic acids is 1. The van der Waals surface area contributed by atoms with Gasteiger partial charge in [-0.3, -0.25) is 4.79 Å². The van der Waals surface area contributed by atoms with E-state index in [1.54, 1.807) is 11.3 Å². The molecule has 1 aliphatic rings. The van der Waals surface area contributed by atoms with Crippen LogP contribution in [0.2, 0.25) is 0 Å². The van der Waals surface area contributed by atoms with E-state index in [1.165, 1.54) is 29.5 Å². The predicted molar refractivity (Wildman–Crippen MR) is 125 cm³/mol. The van der Waals surface area contributed by atoms with Crippen molar-refractivity contribution in [1.82, 2.24) is 10.2 Å². The van der Waals surface area contributed by atoms with Crippen molar-refractivity contribution < 1.29 is 14.6 Å². The summed E-state index contributed by atoms with van der Waals surface area (Å²) in [7, 11) is 0. The summed E-state index contributed by atoms with van der Waals surface area (Å²) in [6, 6.07) is 14.3. The van der Waals surface area contributed by atoms with Crippen molar-refractivity contribution in [3.8, 4) is 33.0 Å². The first-order valence-corrected chi connectivity index (χ1v) is 11.3. The molecule has 166 valence electrons. The van der Waals surface area contributed by atoms with E-state index in [0.29, 0.717) is 11.3 Å². The predicted octanol–water partition coefficient (Wildman–Crippen LogP) is 4.44. The standard InChI is InChI=1S/C22H21N3OS.C2H5NO2/c1-14(2)26-20-11-10-16(12-17(20)13-23)21-24-25-22(27-21)19-9-5-7-15-6-3-4-8-18(15)19;3-1-2(4)5/h5,7,9-12,14H,3-4,6,8H2,1-2H3;1,3H2,(H,4,5). The Labute approximate surface area is 191 Å². The van der Waals surface area contributed by atoms with Crippen LogP contribution in [0.4, 0.5) is 0 Å². The number of aromatic nitrogens is 2. The largest absolute Gasteiger partial charge is 0.490 e. The van der Waals surface area contributed by atoms with Gasteiger partial charge >= 0.3 is 5.97 Å². The minimum Gasteiger partial charge on any atom is -0.490 e. The van der Waals surface area contributed by atoms with Crippen molar-refractivity contribution in [2.45, 2.75) is 45.6 Å². The summed E-state index contributed by atoms with van der Waals surface area (Å²) in [6.45, 7) is 3.62. The van der Waals surface area contributed by atoms with E-state index in [-0.39, 0.29) is 12.6 Å². The molecule has 8 heteroatoms. The van der Waals surface area contributed by atoms with Crippen LogP contribution in [0.3, 0.4) is 0 Å². The molecule has 0 amide bonds. The van der Waals surface area contributed by atoms with Gasteiger partial charge in [-0.25, -0.2) is 0 Å². The van der Waals surface area contributed by atoms with Crippen molar-refractivity contribution in [2.75, 3.05) is 6.54 Å². The van der Waals surface area contributed by atoms with Crippen LogP contribution in [0.1, 0.15) is 43.4 Å². The van der Waals surface area contributed by atoms with Crippen molar-refractivity contribution in [3.63, 3.8) is 0 Å². The van der Waals surface area contributed by atoms with Gasteiger partial charge in [0.05, 0.1) is 18.2 Å². The van der Waals surface area contributed by atoms with Gasteiger partial charge in [0, 0.05) is 11.1 Å². The fourth-order valence-corrected chi connectivity index (χ4v) is 4.43. The van der Waals surface area contributed by atoms with Crippen LogP contribution in [-0.4, -0.2) is 33.9 Å². The second kappa shape index (κ2) is 10.8. The number of aryl methyl sites for hydroxylation is 1. The first-order valence-electron chi connectivity index (χ1n) is 10.5. The molecule has 4 rings (SSSR count). The van der Waals surface area contributed by atoms with Crippen molar-refractivity contribution >= 4 is 17.3 Å². The molecule has 0 bridgehead atoms. The SMILES string of the molecule is CC(C)Oc1ccc(-c2nnc(-c3cccc4c3CCCC4)s2)cc1C#N.NCC(=O)O. The van der Waals surface area contributed by atoms with E-state index < -0.39 is 5.97 Å². The van der Waals surface area contributed by atoms with E-state index in [9.17, 15) is 10.1 Å². The number of nitrogens with zero attached hydrogens (tertiary/aromatic N) is 3. The lowest BCUT2D eigenvalue weighted by atomic mass is 9.88. The quantitative estimate of drug-likeness (QED) is 0.589. The van der Waals surface area contributed by atoms with E-state index in [1.807, 2.05) is 32.0 Å². The summed E-state index contributed by atoms with van der Waals surface area (Å²) in [5, 5.41) is 27.7. The summed E-state index contributed by atoms with van der Waals surface area (Å²) in [6.07, 6.45) is 4.79. The molecular weight excluding hydrogens is 424 g/mol. The topological polar surface area (TPSA) is 122 Å². The molecule has 0 atom stereocenters. The van der Waals surface area contributed by atoms with E-state index in [4.69, 9.17) is 9.84 Å². The zero-order chi connectivity index (χ0) is 23.1. The van der Waals surface area contributed by atoms with Crippen LogP contribution in [-0.2, 0) is 17.6 Å². The maximum atomic E-state index is 9.46. The maximum Gasteiger partial charge on any atom is 0.317 e. The van der Waals surface area contributed by atoms with E-state index >= 15 is 0 Å². The normalized spacial score (nSPS) is 12.3. The molecule has 7 nitrogen and oxygen atoms in total. The zero-order valence-electron chi connectivity index (χ0n) is 18.2. The number of rotatable bonds is 5. The summed E-state index contributed by atoms with van der Waals surface area (Å²) in [5.74, 6) is -0.358. The molecule has 0 saturated heterocycles. The van der Waals surface area contributed by atoms with Gasteiger partial charge in [0.2, 0.25) is 0 Å². The third kappa shape index (κ3) is 5.69. The Morgan fingerprint density at radius 1 is 1.22 bits per heavy atom. The van der Waals surface area contributed by atoms with Crippen molar-refractivity contribution in [3.05, 3.63) is 53.1 Å². The van der Waals surface area contributed by atoms with Gasteiger partial charge in [0.25, 0.3) is 0 Å². The lowest BCUT2D eigenvalue weighted by Crippen LogP contribution is -2.10. The molecule has 0 saturated carbocycles. The van der Waals surface area contributed by atoms with Gasteiger partial charge in [-0.1, -0.05) is 29.5 Å². The monoisotopic (exact) mass is 450 g/mol. The molecule has 2 aromatic carbocycles. The van der Waals surface area contributed by atoms with Gasteiger partial charge in [-0.2, -0.15) is 5.26 Å². The molecule has 0 aliphatic heterocycles. The number of hydrogen-bond donors (Lipinski definition) is 2. The molecule has 0 spiro atoms. The Kier molecular flexibility index (Phi) is 7.92. The summed E-state index contributed by atoms with van der Waals surface area (Å²) in [5.41, 5.74) is 10.1. The van der Waals surface area contributed by atoms with E-state index in [0.717, 1.165) is 28.4 Å². The molecule has 1 aliphatic carbocycles. The summed E-state index contributed by atoms with van der Waals surface area (Å²) >= 11 is 1.58.